The Hall–Kier alpha value is -2.70. The Balaban J connectivity index is 1.40. The SMILES string of the molecule is O=C(Nc1ccc2c(c1)OCO2)C1CC1c1ccc(C(F)(F)F)cc1. The van der Waals surface area contributed by atoms with E-state index in [1.807, 2.05) is 0 Å². The van der Waals surface area contributed by atoms with E-state index in [0.717, 1.165) is 17.7 Å². The van der Waals surface area contributed by atoms with Gasteiger partial charge in [0.2, 0.25) is 12.7 Å². The van der Waals surface area contributed by atoms with Crippen LogP contribution < -0.4 is 14.8 Å². The van der Waals surface area contributed by atoms with Crippen molar-refractivity contribution in [1.29, 1.82) is 0 Å². The molecule has 2 aromatic carbocycles. The average molecular weight is 349 g/mol. The second-order valence-corrected chi connectivity index (χ2v) is 6.13. The molecule has 1 fully saturated rings. The van der Waals surface area contributed by atoms with Gasteiger partial charge in [-0.1, -0.05) is 12.1 Å². The lowest BCUT2D eigenvalue weighted by molar-refractivity contribution is -0.137. The van der Waals surface area contributed by atoms with Crippen molar-refractivity contribution in [3.05, 3.63) is 53.6 Å². The molecule has 1 saturated carbocycles. The number of hydrogen-bond donors (Lipinski definition) is 1. The van der Waals surface area contributed by atoms with E-state index in [-0.39, 0.29) is 24.5 Å². The summed E-state index contributed by atoms with van der Waals surface area (Å²) in [5.41, 5.74) is 0.671. The van der Waals surface area contributed by atoms with Crippen molar-refractivity contribution in [1.82, 2.24) is 0 Å². The van der Waals surface area contributed by atoms with Gasteiger partial charge in [-0.3, -0.25) is 4.79 Å². The molecular weight excluding hydrogens is 335 g/mol. The number of rotatable bonds is 3. The molecule has 0 saturated heterocycles. The maximum absolute atomic E-state index is 12.6. The van der Waals surface area contributed by atoms with Gasteiger partial charge in [0.1, 0.15) is 0 Å². The minimum absolute atomic E-state index is 0.0451. The van der Waals surface area contributed by atoms with Crippen LogP contribution in [0.2, 0.25) is 0 Å². The van der Waals surface area contributed by atoms with Crippen LogP contribution in [0.1, 0.15) is 23.5 Å². The minimum Gasteiger partial charge on any atom is -0.454 e. The normalized spacial score (nSPS) is 21.1. The number of fused-ring (bicyclic) bond motifs is 1. The predicted molar refractivity (Wildman–Crippen MR) is 83.5 cm³/mol. The molecule has 0 bridgehead atoms. The summed E-state index contributed by atoms with van der Waals surface area (Å²) in [5.74, 6) is 0.780. The molecule has 2 aromatic rings. The average Bonchev–Trinajstić information content (AvgIpc) is 3.25. The van der Waals surface area contributed by atoms with Gasteiger partial charge in [0, 0.05) is 17.7 Å². The van der Waals surface area contributed by atoms with Crippen LogP contribution in [0.3, 0.4) is 0 Å². The summed E-state index contributed by atoms with van der Waals surface area (Å²) in [6.07, 6.45) is -3.72. The van der Waals surface area contributed by atoms with E-state index in [0.29, 0.717) is 23.6 Å². The quantitative estimate of drug-likeness (QED) is 0.904. The van der Waals surface area contributed by atoms with E-state index < -0.39 is 11.7 Å². The van der Waals surface area contributed by atoms with Gasteiger partial charge in [-0.2, -0.15) is 13.2 Å². The molecule has 1 aliphatic carbocycles. The van der Waals surface area contributed by atoms with Crippen molar-refractivity contribution in [2.24, 2.45) is 5.92 Å². The molecule has 2 aliphatic rings. The van der Waals surface area contributed by atoms with Crippen LogP contribution in [-0.4, -0.2) is 12.7 Å². The molecule has 1 N–H and O–H groups in total. The zero-order valence-electron chi connectivity index (χ0n) is 13.0. The fraction of sp³-hybridized carbons (Fsp3) is 0.278. The van der Waals surface area contributed by atoms with Gasteiger partial charge in [-0.25, -0.2) is 0 Å². The van der Waals surface area contributed by atoms with Crippen LogP contribution >= 0.6 is 0 Å². The number of ether oxygens (including phenoxy) is 2. The van der Waals surface area contributed by atoms with E-state index in [1.165, 1.54) is 12.1 Å². The smallest absolute Gasteiger partial charge is 0.416 e. The highest BCUT2D eigenvalue weighted by molar-refractivity contribution is 5.95. The summed E-state index contributed by atoms with van der Waals surface area (Å²) in [6.45, 7) is 0.158. The molecule has 130 valence electrons. The Morgan fingerprint density at radius 2 is 1.76 bits per heavy atom. The number of benzene rings is 2. The highest BCUT2D eigenvalue weighted by Gasteiger charge is 2.44. The van der Waals surface area contributed by atoms with Crippen LogP contribution in [0.15, 0.2) is 42.5 Å². The second-order valence-electron chi connectivity index (χ2n) is 6.13. The summed E-state index contributed by atoms with van der Waals surface area (Å²) >= 11 is 0. The van der Waals surface area contributed by atoms with Gasteiger partial charge in [0.05, 0.1) is 5.56 Å². The third-order valence-corrected chi connectivity index (χ3v) is 4.43. The summed E-state index contributed by atoms with van der Waals surface area (Å²) in [5, 5.41) is 2.81. The van der Waals surface area contributed by atoms with Crippen molar-refractivity contribution in [2.45, 2.75) is 18.5 Å². The summed E-state index contributed by atoms with van der Waals surface area (Å²) in [6, 6.07) is 10.1. The van der Waals surface area contributed by atoms with Gasteiger partial charge >= 0.3 is 6.18 Å². The summed E-state index contributed by atoms with van der Waals surface area (Å²) in [4.78, 5) is 12.3. The lowest BCUT2D eigenvalue weighted by atomic mass is 10.1. The number of halogens is 3. The molecule has 1 heterocycles. The number of alkyl halides is 3. The van der Waals surface area contributed by atoms with Crippen molar-refractivity contribution in [3.63, 3.8) is 0 Å². The molecule has 0 aromatic heterocycles. The molecule has 0 radical (unpaired) electrons. The molecule has 2 unspecified atom stereocenters. The van der Waals surface area contributed by atoms with Gasteiger partial charge in [-0.05, 0) is 42.2 Å². The number of nitrogens with one attached hydrogen (secondary N) is 1. The summed E-state index contributed by atoms with van der Waals surface area (Å²) in [7, 11) is 0. The number of amides is 1. The molecule has 25 heavy (non-hydrogen) atoms. The van der Waals surface area contributed by atoms with E-state index >= 15 is 0 Å². The van der Waals surface area contributed by atoms with Crippen LogP contribution in [-0.2, 0) is 11.0 Å². The monoisotopic (exact) mass is 349 g/mol. The lowest BCUT2D eigenvalue weighted by Crippen LogP contribution is -2.14. The fourth-order valence-electron chi connectivity index (χ4n) is 2.98. The van der Waals surface area contributed by atoms with Crippen molar-refractivity contribution < 1.29 is 27.4 Å². The molecular formula is C18H14F3NO3. The van der Waals surface area contributed by atoms with Crippen LogP contribution in [0, 0.1) is 5.92 Å². The van der Waals surface area contributed by atoms with Crippen molar-refractivity contribution >= 4 is 11.6 Å². The number of anilines is 1. The predicted octanol–water partition coefficient (Wildman–Crippen LogP) is 4.18. The summed E-state index contributed by atoms with van der Waals surface area (Å²) < 4.78 is 48.3. The molecule has 4 rings (SSSR count). The van der Waals surface area contributed by atoms with Crippen LogP contribution in [0.4, 0.5) is 18.9 Å². The third kappa shape index (κ3) is 3.14. The topological polar surface area (TPSA) is 47.6 Å². The zero-order valence-corrected chi connectivity index (χ0v) is 13.0. The molecule has 4 nitrogen and oxygen atoms in total. The number of carbonyl (C=O) groups is 1. The highest BCUT2D eigenvalue weighted by Crippen LogP contribution is 2.48. The Morgan fingerprint density at radius 3 is 2.48 bits per heavy atom. The largest absolute Gasteiger partial charge is 0.454 e. The van der Waals surface area contributed by atoms with Crippen molar-refractivity contribution in [3.8, 4) is 11.5 Å². The second kappa shape index (κ2) is 5.68. The van der Waals surface area contributed by atoms with Gasteiger partial charge < -0.3 is 14.8 Å². The number of carbonyl (C=O) groups excluding carboxylic acids is 1. The first-order chi connectivity index (χ1) is 11.9. The molecule has 7 heteroatoms. The first-order valence-corrected chi connectivity index (χ1v) is 7.79. The van der Waals surface area contributed by atoms with E-state index in [1.54, 1.807) is 18.2 Å². The number of hydrogen-bond acceptors (Lipinski definition) is 3. The van der Waals surface area contributed by atoms with Gasteiger partial charge in [-0.15, -0.1) is 0 Å². The molecule has 1 amide bonds. The molecule has 0 spiro atoms. The Labute approximate surface area is 141 Å². The van der Waals surface area contributed by atoms with Gasteiger partial charge in [0.25, 0.3) is 0 Å². The molecule has 1 aliphatic heterocycles. The van der Waals surface area contributed by atoms with E-state index in [2.05, 4.69) is 5.32 Å². The maximum Gasteiger partial charge on any atom is 0.416 e. The maximum atomic E-state index is 12.6. The van der Waals surface area contributed by atoms with Crippen molar-refractivity contribution in [2.75, 3.05) is 12.1 Å². The third-order valence-electron chi connectivity index (χ3n) is 4.43. The van der Waals surface area contributed by atoms with Gasteiger partial charge in [0.15, 0.2) is 11.5 Å². The van der Waals surface area contributed by atoms with Crippen LogP contribution in [0.25, 0.3) is 0 Å². The minimum atomic E-state index is -4.35. The standard InChI is InChI=1S/C18H14F3NO3/c19-18(20,21)11-3-1-10(2-4-11)13-8-14(13)17(23)22-12-5-6-15-16(7-12)25-9-24-15/h1-7,13-14H,8-9H2,(H,22,23). The van der Waals surface area contributed by atoms with E-state index in [4.69, 9.17) is 9.47 Å². The Kier molecular flexibility index (Phi) is 3.59. The Bertz CT molecular complexity index is 817. The lowest BCUT2D eigenvalue weighted by Gasteiger charge is -2.08. The highest BCUT2D eigenvalue weighted by atomic mass is 19.4. The molecule has 2 atom stereocenters. The first-order valence-electron chi connectivity index (χ1n) is 7.79. The van der Waals surface area contributed by atoms with E-state index in [9.17, 15) is 18.0 Å². The zero-order chi connectivity index (χ0) is 17.6. The van der Waals surface area contributed by atoms with Crippen LogP contribution in [0.5, 0.6) is 11.5 Å². The fourth-order valence-corrected chi connectivity index (χ4v) is 2.98. The first kappa shape index (κ1) is 15.8. The Morgan fingerprint density at radius 1 is 1.04 bits per heavy atom.